The lowest BCUT2D eigenvalue weighted by Crippen LogP contribution is -2.34. The standard InChI is InChI=1S/C11H18O3/c1-11-4-2-9(12)6-8(11)7-10(14-13)3-5-11/h7,9-10,12-13H,2-6H2,1H3/t9-,10+,11-/m1/s1. The molecule has 3 atom stereocenters. The van der Waals surface area contributed by atoms with Gasteiger partial charge in [-0.3, -0.25) is 5.26 Å². The van der Waals surface area contributed by atoms with Gasteiger partial charge in [0.05, 0.1) is 6.10 Å². The van der Waals surface area contributed by atoms with Crippen LogP contribution < -0.4 is 0 Å². The summed E-state index contributed by atoms with van der Waals surface area (Å²) in [6.07, 6.45) is 6.26. The monoisotopic (exact) mass is 198 g/mol. The van der Waals surface area contributed by atoms with Crippen molar-refractivity contribution in [3.05, 3.63) is 11.6 Å². The predicted octanol–water partition coefficient (Wildman–Crippen LogP) is 2.12. The minimum absolute atomic E-state index is 0.164. The maximum absolute atomic E-state index is 9.58. The van der Waals surface area contributed by atoms with Gasteiger partial charge in [0.2, 0.25) is 0 Å². The number of fused-ring (bicyclic) bond motifs is 1. The van der Waals surface area contributed by atoms with Crippen molar-refractivity contribution in [2.24, 2.45) is 5.41 Å². The van der Waals surface area contributed by atoms with Gasteiger partial charge in [-0.15, -0.1) is 0 Å². The van der Waals surface area contributed by atoms with Gasteiger partial charge in [0, 0.05) is 0 Å². The third kappa shape index (κ3) is 1.72. The second kappa shape index (κ2) is 3.65. The quantitative estimate of drug-likeness (QED) is 0.385. The summed E-state index contributed by atoms with van der Waals surface area (Å²) in [7, 11) is 0. The lowest BCUT2D eigenvalue weighted by Gasteiger charge is -2.42. The van der Waals surface area contributed by atoms with Crippen LogP contribution in [0, 0.1) is 5.41 Å². The van der Waals surface area contributed by atoms with E-state index < -0.39 is 0 Å². The average Bonchev–Trinajstić information content (AvgIpc) is 2.18. The molecule has 0 heterocycles. The van der Waals surface area contributed by atoms with E-state index >= 15 is 0 Å². The number of rotatable bonds is 1. The Hall–Kier alpha value is -0.380. The van der Waals surface area contributed by atoms with E-state index in [1.807, 2.05) is 6.08 Å². The zero-order valence-corrected chi connectivity index (χ0v) is 8.57. The molecule has 0 aromatic rings. The number of aliphatic hydroxyl groups is 1. The largest absolute Gasteiger partial charge is 0.393 e. The van der Waals surface area contributed by atoms with Crippen LogP contribution in [0.5, 0.6) is 0 Å². The van der Waals surface area contributed by atoms with Gasteiger partial charge in [-0.25, -0.2) is 4.89 Å². The molecule has 0 spiro atoms. The molecule has 2 rings (SSSR count). The molecule has 3 nitrogen and oxygen atoms in total. The second-order valence-corrected chi connectivity index (χ2v) is 4.83. The molecule has 2 N–H and O–H groups in total. The fraction of sp³-hybridized carbons (Fsp3) is 0.818. The van der Waals surface area contributed by atoms with Gasteiger partial charge in [0.15, 0.2) is 0 Å². The molecule has 14 heavy (non-hydrogen) atoms. The fourth-order valence-electron chi connectivity index (χ4n) is 2.65. The van der Waals surface area contributed by atoms with Crippen LogP contribution in [0.1, 0.15) is 39.0 Å². The molecule has 1 fully saturated rings. The van der Waals surface area contributed by atoms with E-state index in [0.717, 1.165) is 32.1 Å². The minimum Gasteiger partial charge on any atom is -0.393 e. The van der Waals surface area contributed by atoms with Crippen LogP contribution in [-0.2, 0) is 4.89 Å². The van der Waals surface area contributed by atoms with E-state index in [2.05, 4.69) is 11.8 Å². The Labute approximate surface area is 84.3 Å². The third-order valence-electron chi connectivity index (χ3n) is 3.76. The lowest BCUT2D eigenvalue weighted by molar-refractivity contribution is -0.269. The summed E-state index contributed by atoms with van der Waals surface area (Å²) in [5.74, 6) is 0. The Morgan fingerprint density at radius 2 is 2.14 bits per heavy atom. The molecule has 0 amide bonds. The molecule has 0 aromatic heterocycles. The van der Waals surface area contributed by atoms with Crippen molar-refractivity contribution in [2.45, 2.75) is 51.2 Å². The van der Waals surface area contributed by atoms with E-state index in [-0.39, 0.29) is 17.6 Å². The average molecular weight is 198 g/mol. The van der Waals surface area contributed by atoms with Crippen LogP contribution in [-0.4, -0.2) is 22.6 Å². The lowest BCUT2D eigenvalue weighted by atomic mass is 9.65. The number of aliphatic hydroxyl groups excluding tert-OH is 1. The minimum atomic E-state index is -0.202. The predicted molar refractivity (Wildman–Crippen MR) is 52.8 cm³/mol. The van der Waals surface area contributed by atoms with E-state index in [9.17, 15) is 5.11 Å². The fourth-order valence-corrected chi connectivity index (χ4v) is 2.65. The summed E-state index contributed by atoms with van der Waals surface area (Å²) in [6.45, 7) is 2.25. The molecule has 0 unspecified atom stereocenters. The molecule has 0 bridgehead atoms. The van der Waals surface area contributed by atoms with Crippen molar-refractivity contribution in [1.82, 2.24) is 0 Å². The summed E-state index contributed by atoms with van der Waals surface area (Å²) < 4.78 is 0. The van der Waals surface area contributed by atoms with E-state index in [1.54, 1.807) is 0 Å². The van der Waals surface area contributed by atoms with E-state index in [0.29, 0.717) is 0 Å². The summed E-state index contributed by atoms with van der Waals surface area (Å²) in [6, 6.07) is 0. The van der Waals surface area contributed by atoms with Gasteiger partial charge in [-0.05, 0) is 37.5 Å². The molecule has 2 aliphatic rings. The van der Waals surface area contributed by atoms with Crippen LogP contribution in [0.3, 0.4) is 0 Å². The van der Waals surface area contributed by atoms with Gasteiger partial charge in [0.25, 0.3) is 0 Å². The second-order valence-electron chi connectivity index (χ2n) is 4.83. The van der Waals surface area contributed by atoms with E-state index in [4.69, 9.17) is 5.26 Å². The zero-order valence-electron chi connectivity index (χ0n) is 8.57. The molecule has 0 radical (unpaired) electrons. The van der Waals surface area contributed by atoms with Gasteiger partial charge < -0.3 is 5.11 Å². The highest BCUT2D eigenvalue weighted by molar-refractivity contribution is 5.22. The van der Waals surface area contributed by atoms with Crippen LogP contribution in [0.15, 0.2) is 11.6 Å². The maximum atomic E-state index is 9.58. The van der Waals surface area contributed by atoms with Crippen LogP contribution in [0.4, 0.5) is 0 Å². The first kappa shape index (κ1) is 10.1. The highest BCUT2D eigenvalue weighted by Crippen LogP contribution is 2.47. The Bertz CT molecular complexity index is 249. The van der Waals surface area contributed by atoms with Crippen molar-refractivity contribution in [1.29, 1.82) is 0 Å². The number of hydrogen-bond donors (Lipinski definition) is 2. The molecule has 0 saturated heterocycles. The zero-order chi connectivity index (χ0) is 10.2. The summed E-state index contributed by atoms with van der Waals surface area (Å²) in [4.78, 5) is 4.36. The molecular weight excluding hydrogens is 180 g/mol. The van der Waals surface area contributed by atoms with E-state index in [1.165, 1.54) is 5.57 Å². The van der Waals surface area contributed by atoms with Crippen LogP contribution >= 0.6 is 0 Å². The van der Waals surface area contributed by atoms with Crippen molar-refractivity contribution in [3.8, 4) is 0 Å². The molecule has 2 aliphatic carbocycles. The maximum Gasteiger partial charge on any atom is 0.111 e. The topological polar surface area (TPSA) is 49.7 Å². The van der Waals surface area contributed by atoms with Gasteiger partial charge in [-0.1, -0.05) is 18.6 Å². The van der Waals surface area contributed by atoms with Crippen molar-refractivity contribution in [2.75, 3.05) is 0 Å². The summed E-state index contributed by atoms with van der Waals surface area (Å²) >= 11 is 0. The first-order valence-corrected chi connectivity index (χ1v) is 5.33. The molecule has 0 aromatic carbocycles. The normalized spacial score (nSPS) is 42.9. The van der Waals surface area contributed by atoms with Crippen molar-refractivity contribution < 1.29 is 15.3 Å². The first-order valence-electron chi connectivity index (χ1n) is 5.33. The smallest absolute Gasteiger partial charge is 0.111 e. The SMILES string of the molecule is C[C@]12CC[C@@H](O)CC1=C[C@@H](OO)CC2. The molecule has 1 saturated carbocycles. The van der Waals surface area contributed by atoms with Crippen molar-refractivity contribution in [3.63, 3.8) is 0 Å². The highest BCUT2D eigenvalue weighted by Gasteiger charge is 2.38. The molecule has 3 heteroatoms. The molecule has 0 aliphatic heterocycles. The Morgan fingerprint density at radius 3 is 2.86 bits per heavy atom. The molecular formula is C11H18O3. The van der Waals surface area contributed by atoms with Gasteiger partial charge >= 0.3 is 0 Å². The third-order valence-corrected chi connectivity index (χ3v) is 3.76. The summed E-state index contributed by atoms with van der Waals surface area (Å²) in [5, 5.41) is 18.2. The Balaban J connectivity index is 2.19. The molecule has 80 valence electrons. The first-order chi connectivity index (χ1) is 6.64. The van der Waals surface area contributed by atoms with Crippen LogP contribution in [0.2, 0.25) is 0 Å². The number of hydrogen-bond acceptors (Lipinski definition) is 3. The van der Waals surface area contributed by atoms with Gasteiger partial charge in [0.1, 0.15) is 6.10 Å². The highest BCUT2D eigenvalue weighted by atomic mass is 17.1. The summed E-state index contributed by atoms with van der Waals surface area (Å²) in [5.41, 5.74) is 1.51. The van der Waals surface area contributed by atoms with Gasteiger partial charge in [-0.2, -0.15) is 0 Å². The Morgan fingerprint density at radius 1 is 1.43 bits per heavy atom. The Kier molecular flexibility index (Phi) is 2.64. The van der Waals surface area contributed by atoms with Crippen LogP contribution in [0.25, 0.3) is 0 Å². The van der Waals surface area contributed by atoms with Crippen molar-refractivity contribution >= 4 is 0 Å².